The molecule has 4 heteroatoms. The predicted molar refractivity (Wildman–Crippen MR) is 230 cm³/mol. The molecule has 0 spiro atoms. The lowest BCUT2D eigenvalue weighted by Crippen LogP contribution is -2.29. The second kappa shape index (κ2) is 13.0. The summed E-state index contributed by atoms with van der Waals surface area (Å²) >= 11 is 0. The number of fused-ring (bicyclic) bond motifs is 10. The molecule has 10 rings (SSSR count). The predicted octanol–water partition coefficient (Wildman–Crippen LogP) is 12.1. The first-order valence-electron chi connectivity index (χ1n) is 19.3. The van der Waals surface area contributed by atoms with Gasteiger partial charge in [-0.15, -0.1) is 0 Å². The SMILES string of the molecule is C=C(/C=C\C=C/C)C1(c2ccccc2)c2cc(N3CCc4cc(C#N)ccc43)ccc2-c2c1c1ccc(N3CCc4cc(C#N)ccc43)cc1c1ccccc21. The van der Waals surface area contributed by atoms with Crippen molar-refractivity contribution in [3.63, 3.8) is 0 Å². The van der Waals surface area contributed by atoms with E-state index in [9.17, 15) is 10.5 Å². The van der Waals surface area contributed by atoms with Gasteiger partial charge in [-0.25, -0.2) is 0 Å². The molecule has 2 heterocycles. The summed E-state index contributed by atoms with van der Waals surface area (Å²) in [5.74, 6) is 0. The third-order valence-corrected chi connectivity index (χ3v) is 12.2. The van der Waals surface area contributed by atoms with Crippen molar-refractivity contribution < 1.29 is 0 Å². The van der Waals surface area contributed by atoms with Gasteiger partial charge in [0.1, 0.15) is 0 Å². The first-order chi connectivity index (χ1) is 27.5. The summed E-state index contributed by atoms with van der Waals surface area (Å²) < 4.78 is 0. The molecule has 1 atom stereocenters. The van der Waals surface area contributed by atoms with Crippen molar-refractivity contribution >= 4 is 44.3 Å². The van der Waals surface area contributed by atoms with Gasteiger partial charge in [-0.2, -0.15) is 10.5 Å². The van der Waals surface area contributed by atoms with Crippen LogP contribution in [0.25, 0.3) is 32.7 Å². The van der Waals surface area contributed by atoms with E-state index >= 15 is 0 Å². The summed E-state index contributed by atoms with van der Waals surface area (Å²) in [7, 11) is 0. The van der Waals surface area contributed by atoms with Gasteiger partial charge in [0.05, 0.1) is 28.7 Å². The number of benzene rings is 7. The molecule has 2 aliphatic heterocycles. The zero-order valence-electron chi connectivity index (χ0n) is 31.3. The standard InChI is InChI=1S/C52H38N4/c1-3-4-6-11-34(2)52(39-12-7-5-8-13-39)47-31-41(56-27-25-38-29-36(33-54)17-23-49(38)56)19-21-45(47)50-43-15-10-9-14-42(43)46-30-40(18-20-44(46)51(50)52)55-26-24-37-28-35(32-53)16-22-48(37)55/h3-23,28-31H,2,24-27H2,1H3/b4-3-,11-6-. The quantitative estimate of drug-likeness (QED) is 0.127. The largest absolute Gasteiger partial charge is 0.341 e. The van der Waals surface area contributed by atoms with Gasteiger partial charge >= 0.3 is 0 Å². The Balaban J connectivity index is 1.27. The molecule has 1 aliphatic carbocycles. The number of nitrogens with zero attached hydrogens (tertiary/aromatic N) is 4. The highest BCUT2D eigenvalue weighted by Gasteiger charge is 2.48. The molecule has 0 fully saturated rings. The van der Waals surface area contributed by atoms with Crippen LogP contribution in [0.5, 0.6) is 0 Å². The number of hydrogen-bond donors (Lipinski definition) is 0. The molecule has 56 heavy (non-hydrogen) atoms. The average molecular weight is 719 g/mol. The van der Waals surface area contributed by atoms with Crippen LogP contribution in [0.15, 0.2) is 164 Å². The maximum Gasteiger partial charge on any atom is 0.0991 e. The van der Waals surface area contributed by atoms with E-state index < -0.39 is 5.41 Å². The van der Waals surface area contributed by atoms with E-state index in [0.29, 0.717) is 11.1 Å². The van der Waals surface area contributed by atoms with Crippen LogP contribution in [0.1, 0.15) is 45.9 Å². The number of rotatable bonds is 6. The lowest BCUT2D eigenvalue weighted by atomic mass is 9.66. The summed E-state index contributed by atoms with van der Waals surface area (Å²) in [5.41, 5.74) is 14.9. The van der Waals surface area contributed by atoms with Gasteiger partial charge in [-0.05, 0) is 146 Å². The molecular weight excluding hydrogens is 681 g/mol. The third kappa shape index (κ3) is 4.83. The first kappa shape index (κ1) is 33.4. The van der Waals surface area contributed by atoms with Gasteiger partial charge in [0.25, 0.3) is 0 Å². The maximum atomic E-state index is 9.62. The smallest absolute Gasteiger partial charge is 0.0991 e. The Morgan fingerprint density at radius 3 is 1.93 bits per heavy atom. The van der Waals surface area contributed by atoms with E-state index in [1.165, 1.54) is 66.2 Å². The highest BCUT2D eigenvalue weighted by atomic mass is 15.2. The second-order valence-electron chi connectivity index (χ2n) is 15.0. The Hall–Kier alpha value is -7.14. The molecule has 0 saturated heterocycles. The Morgan fingerprint density at radius 1 is 0.643 bits per heavy atom. The molecule has 0 saturated carbocycles. The van der Waals surface area contributed by atoms with Crippen molar-refractivity contribution in [3.8, 4) is 23.3 Å². The van der Waals surface area contributed by atoms with E-state index in [4.69, 9.17) is 6.58 Å². The lowest BCUT2D eigenvalue weighted by Gasteiger charge is -2.36. The molecule has 0 N–H and O–H groups in total. The molecule has 7 aromatic carbocycles. The summed E-state index contributed by atoms with van der Waals surface area (Å²) in [6.07, 6.45) is 10.2. The first-order valence-corrected chi connectivity index (χ1v) is 19.3. The van der Waals surface area contributed by atoms with Gasteiger partial charge in [0.15, 0.2) is 0 Å². The van der Waals surface area contributed by atoms with Crippen LogP contribution < -0.4 is 9.80 Å². The maximum absolute atomic E-state index is 9.62. The summed E-state index contributed by atoms with van der Waals surface area (Å²) in [4.78, 5) is 4.81. The fourth-order valence-electron chi connectivity index (χ4n) is 9.77. The van der Waals surface area contributed by atoms with E-state index in [2.05, 4.69) is 149 Å². The van der Waals surface area contributed by atoms with Crippen LogP contribution in [0.3, 0.4) is 0 Å². The van der Waals surface area contributed by atoms with Crippen molar-refractivity contribution in [1.29, 1.82) is 10.5 Å². The van der Waals surface area contributed by atoms with Crippen LogP contribution in [-0.4, -0.2) is 13.1 Å². The van der Waals surface area contributed by atoms with Gasteiger partial charge < -0.3 is 9.80 Å². The lowest BCUT2D eigenvalue weighted by molar-refractivity contribution is 0.777. The van der Waals surface area contributed by atoms with E-state index in [-0.39, 0.29) is 0 Å². The molecule has 4 nitrogen and oxygen atoms in total. The van der Waals surface area contributed by atoms with Crippen molar-refractivity contribution in [3.05, 3.63) is 203 Å². The summed E-state index contributed by atoms with van der Waals surface area (Å²) in [5, 5.41) is 24.1. The van der Waals surface area contributed by atoms with Crippen LogP contribution >= 0.6 is 0 Å². The molecule has 3 aliphatic rings. The van der Waals surface area contributed by atoms with Crippen LogP contribution in [-0.2, 0) is 18.3 Å². The van der Waals surface area contributed by atoms with Crippen molar-refractivity contribution in [2.75, 3.05) is 22.9 Å². The minimum atomic E-state index is -0.703. The third-order valence-electron chi connectivity index (χ3n) is 12.2. The number of allylic oxidation sites excluding steroid dienone is 5. The molecule has 0 amide bonds. The molecule has 0 radical (unpaired) electrons. The molecule has 0 bridgehead atoms. The minimum Gasteiger partial charge on any atom is -0.341 e. The average Bonchev–Trinajstić information content (AvgIpc) is 3.96. The molecule has 266 valence electrons. The van der Waals surface area contributed by atoms with Gasteiger partial charge in [-0.3, -0.25) is 0 Å². The normalized spacial score (nSPS) is 16.6. The van der Waals surface area contributed by atoms with E-state index in [1.807, 2.05) is 31.2 Å². The summed E-state index contributed by atoms with van der Waals surface area (Å²) in [6, 6.07) is 50.6. The van der Waals surface area contributed by atoms with Crippen LogP contribution in [0, 0.1) is 22.7 Å². The minimum absolute atomic E-state index is 0.700. The molecule has 7 aromatic rings. The van der Waals surface area contributed by atoms with Gasteiger partial charge in [0.2, 0.25) is 0 Å². The summed E-state index contributed by atoms with van der Waals surface area (Å²) in [6.45, 7) is 8.70. The van der Waals surface area contributed by atoms with Gasteiger partial charge in [-0.1, -0.05) is 97.6 Å². The number of anilines is 4. The fraction of sp³-hybridized carbons (Fsp3) is 0.115. The van der Waals surface area contributed by atoms with Crippen molar-refractivity contribution in [2.24, 2.45) is 0 Å². The second-order valence-corrected chi connectivity index (χ2v) is 15.0. The zero-order chi connectivity index (χ0) is 38.0. The number of hydrogen-bond acceptors (Lipinski definition) is 4. The Bertz CT molecular complexity index is 2940. The van der Waals surface area contributed by atoms with E-state index in [1.54, 1.807) is 0 Å². The van der Waals surface area contributed by atoms with Gasteiger partial charge in [0, 0.05) is 35.8 Å². The number of nitriles is 2. The Morgan fingerprint density at radius 2 is 1.27 bits per heavy atom. The monoisotopic (exact) mass is 718 g/mol. The topological polar surface area (TPSA) is 54.1 Å². The van der Waals surface area contributed by atoms with Crippen LogP contribution in [0.2, 0.25) is 0 Å². The Kier molecular flexibility index (Phi) is 7.77. The van der Waals surface area contributed by atoms with E-state index in [0.717, 1.165) is 48.6 Å². The molecule has 0 aromatic heterocycles. The van der Waals surface area contributed by atoms with Crippen molar-refractivity contribution in [2.45, 2.75) is 25.2 Å². The molecular formula is C52H38N4. The van der Waals surface area contributed by atoms with Crippen LogP contribution in [0.4, 0.5) is 22.7 Å². The van der Waals surface area contributed by atoms with Crippen molar-refractivity contribution in [1.82, 2.24) is 0 Å². The highest BCUT2D eigenvalue weighted by Crippen LogP contribution is 2.61. The molecule has 1 unspecified atom stereocenters. The highest BCUT2D eigenvalue weighted by molar-refractivity contribution is 6.20. The Labute approximate surface area is 327 Å². The fourth-order valence-corrected chi connectivity index (χ4v) is 9.77. The zero-order valence-corrected chi connectivity index (χ0v) is 31.3.